The number of nitrogens with zero attached hydrogens (tertiary/aromatic N) is 4. The first-order valence-corrected chi connectivity index (χ1v) is 19.7. The molecule has 6 aromatic carbocycles. The van der Waals surface area contributed by atoms with Crippen LogP contribution in [0.3, 0.4) is 0 Å². The van der Waals surface area contributed by atoms with Gasteiger partial charge in [-0.05, 0) is 54.3 Å². The first-order chi connectivity index (χ1) is 27.7. The van der Waals surface area contributed by atoms with E-state index in [0.29, 0.717) is 17.5 Å². The van der Waals surface area contributed by atoms with Crippen molar-refractivity contribution in [2.24, 2.45) is 0 Å². The molecule has 1 aliphatic rings. The van der Waals surface area contributed by atoms with Crippen molar-refractivity contribution in [2.45, 2.75) is 12.8 Å². The quantitative estimate of drug-likeness (QED) is 0.146. The van der Waals surface area contributed by atoms with Crippen molar-refractivity contribution in [1.82, 2.24) is 19.5 Å². The van der Waals surface area contributed by atoms with Gasteiger partial charge >= 0.3 is 0 Å². The highest BCUT2D eigenvalue weighted by atomic mass is 32.1. The Morgan fingerprint density at radius 1 is 0.625 bits per heavy atom. The monoisotopic (exact) mass is 736 g/mol. The standard InChI is InChI=1S/C51H36N4S/c1-3-18-33(4-2)41-31-37(51-53-49(35-21-10-6-11-22-35)52-50(54-51)36-23-12-7-13-24-36)32-42(34-19-8-5-9-20-34)47(41)55-43-27-16-14-25-38(43)39-29-30-45-46(48(39)55)40-26-15-17-28-44(40)56-45/h3-6,8-12,14-32H,1-2,7,13H2/b33-18+. The van der Waals surface area contributed by atoms with Crippen LogP contribution >= 0.6 is 11.3 Å². The zero-order valence-electron chi connectivity index (χ0n) is 30.7. The van der Waals surface area contributed by atoms with Crippen molar-refractivity contribution >= 4 is 64.5 Å². The van der Waals surface area contributed by atoms with E-state index < -0.39 is 0 Å². The minimum atomic E-state index is 0.606. The predicted molar refractivity (Wildman–Crippen MR) is 238 cm³/mol. The summed E-state index contributed by atoms with van der Waals surface area (Å²) in [6, 6.07) is 47.4. The first-order valence-electron chi connectivity index (χ1n) is 18.9. The Hall–Kier alpha value is -6.95. The van der Waals surface area contributed by atoms with Crippen LogP contribution in [0.5, 0.6) is 0 Å². The summed E-state index contributed by atoms with van der Waals surface area (Å²) >= 11 is 1.84. The number of thiophene rings is 1. The summed E-state index contributed by atoms with van der Waals surface area (Å²) in [6.45, 7) is 8.47. The van der Waals surface area contributed by atoms with Gasteiger partial charge in [0.15, 0.2) is 17.5 Å². The van der Waals surface area contributed by atoms with Crippen molar-refractivity contribution < 1.29 is 0 Å². The smallest absolute Gasteiger partial charge is 0.164 e. The Bertz CT molecular complexity index is 3110. The van der Waals surface area contributed by atoms with E-state index in [1.807, 2.05) is 47.8 Å². The van der Waals surface area contributed by atoms with Crippen LogP contribution in [0.1, 0.15) is 24.2 Å². The maximum absolute atomic E-state index is 5.21. The fourth-order valence-electron chi connectivity index (χ4n) is 8.08. The lowest BCUT2D eigenvalue weighted by Gasteiger charge is -2.21. The highest BCUT2D eigenvalue weighted by molar-refractivity contribution is 7.26. The highest BCUT2D eigenvalue weighted by Gasteiger charge is 2.25. The third-order valence-electron chi connectivity index (χ3n) is 10.6. The summed E-state index contributed by atoms with van der Waals surface area (Å²) < 4.78 is 5.01. The van der Waals surface area contributed by atoms with Crippen LogP contribution in [0.15, 0.2) is 183 Å². The van der Waals surface area contributed by atoms with Crippen LogP contribution < -0.4 is 0 Å². The molecule has 1 aliphatic carbocycles. The van der Waals surface area contributed by atoms with Crippen LogP contribution in [-0.2, 0) is 0 Å². The molecule has 0 aliphatic heterocycles. The van der Waals surface area contributed by atoms with E-state index in [2.05, 4.69) is 151 Å². The number of hydrogen-bond donors (Lipinski definition) is 0. The van der Waals surface area contributed by atoms with Gasteiger partial charge in [-0.15, -0.1) is 11.3 Å². The van der Waals surface area contributed by atoms with Gasteiger partial charge < -0.3 is 4.57 Å². The van der Waals surface area contributed by atoms with E-state index in [1.54, 1.807) is 0 Å². The average molecular weight is 737 g/mol. The molecule has 0 atom stereocenters. The van der Waals surface area contributed by atoms with Gasteiger partial charge in [-0.2, -0.15) is 0 Å². The van der Waals surface area contributed by atoms with Crippen molar-refractivity contribution in [3.63, 3.8) is 0 Å². The van der Waals surface area contributed by atoms with Crippen LogP contribution in [0, 0.1) is 0 Å². The van der Waals surface area contributed by atoms with Gasteiger partial charge in [0.05, 0.1) is 16.7 Å². The average Bonchev–Trinajstić information content (AvgIpc) is 3.81. The van der Waals surface area contributed by atoms with Gasteiger partial charge in [0.25, 0.3) is 0 Å². The molecule has 5 heteroatoms. The van der Waals surface area contributed by atoms with Gasteiger partial charge in [0.1, 0.15) is 0 Å². The molecule has 0 saturated carbocycles. The van der Waals surface area contributed by atoms with Gasteiger partial charge in [0, 0.05) is 58.8 Å². The molecular weight excluding hydrogens is 701 g/mol. The summed E-state index contributed by atoms with van der Waals surface area (Å²) in [5.74, 6) is 1.91. The van der Waals surface area contributed by atoms with Crippen molar-refractivity contribution in [3.8, 4) is 39.6 Å². The molecular formula is C51H36N4S. The zero-order valence-corrected chi connectivity index (χ0v) is 31.5. The highest BCUT2D eigenvalue weighted by Crippen LogP contribution is 2.46. The lowest BCUT2D eigenvalue weighted by Crippen LogP contribution is -2.06. The number of rotatable bonds is 8. The molecule has 0 N–H and O–H groups in total. The fourth-order valence-corrected chi connectivity index (χ4v) is 9.19. The minimum Gasteiger partial charge on any atom is -0.307 e. The van der Waals surface area contributed by atoms with E-state index in [4.69, 9.17) is 15.0 Å². The van der Waals surface area contributed by atoms with Crippen LogP contribution in [0.2, 0.25) is 0 Å². The van der Waals surface area contributed by atoms with Gasteiger partial charge in [-0.1, -0.05) is 153 Å². The Labute approximate surface area is 329 Å². The molecule has 0 unspecified atom stereocenters. The summed E-state index contributed by atoms with van der Waals surface area (Å²) in [6.07, 6.45) is 14.3. The van der Waals surface area contributed by atoms with E-state index in [9.17, 15) is 0 Å². The largest absolute Gasteiger partial charge is 0.307 e. The summed E-state index contributed by atoms with van der Waals surface area (Å²) in [5, 5.41) is 4.92. The predicted octanol–water partition coefficient (Wildman–Crippen LogP) is 13.8. The first kappa shape index (κ1) is 33.6. The molecule has 3 heterocycles. The third-order valence-corrected chi connectivity index (χ3v) is 11.7. The molecule has 0 fully saturated rings. The molecule has 0 spiro atoms. The maximum Gasteiger partial charge on any atom is 0.164 e. The Morgan fingerprint density at radius 2 is 1.32 bits per heavy atom. The van der Waals surface area contributed by atoms with Gasteiger partial charge in [0.2, 0.25) is 0 Å². The molecule has 266 valence electrons. The van der Waals surface area contributed by atoms with Crippen LogP contribution in [0.4, 0.5) is 0 Å². The van der Waals surface area contributed by atoms with Crippen molar-refractivity contribution in [3.05, 3.63) is 194 Å². The van der Waals surface area contributed by atoms with Crippen molar-refractivity contribution in [2.75, 3.05) is 0 Å². The van der Waals surface area contributed by atoms with Gasteiger partial charge in [-0.3, -0.25) is 0 Å². The lowest BCUT2D eigenvalue weighted by atomic mass is 9.92. The second kappa shape index (κ2) is 14.0. The second-order valence-corrected chi connectivity index (χ2v) is 15.0. The SMILES string of the molecule is C=C/C=C(\C=C)c1cc(-c2nc(C3=CCCC=C3)nc(-c3ccccc3)n2)cc(-c2ccccc2)c1-n1c2ccccc2c2ccc3sc4ccccc4c3c21. The summed E-state index contributed by atoms with van der Waals surface area (Å²) in [7, 11) is 0. The number of para-hydroxylation sites is 1. The molecule has 0 radical (unpaired) electrons. The lowest BCUT2D eigenvalue weighted by molar-refractivity contribution is 1.01. The van der Waals surface area contributed by atoms with Crippen molar-refractivity contribution in [1.29, 1.82) is 0 Å². The van der Waals surface area contributed by atoms with E-state index in [0.717, 1.165) is 63.0 Å². The molecule has 10 rings (SSSR count). The normalized spacial score (nSPS) is 13.1. The molecule has 0 amide bonds. The molecule has 56 heavy (non-hydrogen) atoms. The number of allylic oxidation sites excluding steroid dienone is 8. The molecule has 4 nitrogen and oxygen atoms in total. The van der Waals surface area contributed by atoms with E-state index in [-0.39, 0.29) is 0 Å². The van der Waals surface area contributed by atoms with Gasteiger partial charge in [-0.25, -0.2) is 15.0 Å². The number of hydrogen-bond acceptors (Lipinski definition) is 4. The zero-order chi connectivity index (χ0) is 37.6. The van der Waals surface area contributed by atoms with Crippen LogP contribution in [-0.4, -0.2) is 19.5 Å². The van der Waals surface area contributed by atoms with E-state index >= 15 is 0 Å². The second-order valence-electron chi connectivity index (χ2n) is 13.9. The topological polar surface area (TPSA) is 43.6 Å². The summed E-state index contributed by atoms with van der Waals surface area (Å²) in [5.41, 5.74) is 10.3. The van der Waals surface area contributed by atoms with E-state index in [1.165, 1.54) is 36.5 Å². The fraction of sp³-hybridized carbons (Fsp3) is 0.0392. The summed E-state index contributed by atoms with van der Waals surface area (Å²) in [4.78, 5) is 15.4. The molecule has 3 aromatic heterocycles. The molecule has 0 bridgehead atoms. The number of benzene rings is 6. The molecule has 0 saturated heterocycles. The Balaban J connectivity index is 1.36. The Morgan fingerprint density at radius 3 is 2.07 bits per heavy atom. The minimum absolute atomic E-state index is 0.606. The number of aromatic nitrogens is 4. The van der Waals surface area contributed by atoms with Crippen LogP contribution in [0.25, 0.3) is 92.7 Å². The Kier molecular flexibility index (Phi) is 8.42. The number of fused-ring (bicyclic) bond motifs is 7. The maximum atomic E-state index is 5.21. The molecule has 9 aromatic rings. The third kappa shape index (κ3) is 5.64.